The maximum Gasteiger partial charge on any atom is 0.251 e. The third-order valence-corrected chi connectivity index (χ3v) is 6.24. The van der Waals surface area contributed by atoms with Crippen LogP contribution >= 0.6 is 0 Å². The number of carbonyl (C=O) groups excluding carboxylic acids is 2. The van der Waals surface area contributed by atoms with Crippen molar-refractivity contribution in [3.05, 3.63) is 101 Å². The zero-order valence-electron chi connectivity index (χ0n) is 18.4. The number of amides is 1. The lowest BCUT2D eigenvalue weighted by atomic mass is 10.1. The highest BCUT2D eigenvalue weighted by Gasteiger charge is 2.19. The lowest BCUT2D eigenvalue weighted by molar-refractivity contribution is 0.0953. The molecule has 0 aliphatic carbocycles. The number of hydrogen-bond donors (Lipinski definition) is 1. The maximum absolute atomic E-state index is 13.0. The van der Waals surface area contributed by atoms with E-state index in [1.165, 1.54) is 23.4 Å². The molecule has 0 unspecified atom stereocenters. The van der Waals surface area contributed by atoms with E-state index in [4.69, 9.17) is 0 Å². The van der Waals surface area contributed by atoms with Gasteiger partial charge in [-0.15, -0.1) is 0 Å². The van der Waals surface area contributed by atoms with Crippen LogP contribution in [0.15, 0.2) is 72.8 Å². The van der Waals surface area contributed by atoms with Gasteiger partial charge in [0, 0.05) is 17.7 Å². The molecule has 0 saturated carbocycles. The Morgan fingerprint density at radius 1 is 0.909 bits per heavy atom. The minimum Gasteiger partial charge on any atom is -0.352 e. The fourth-order valence-electron chi connectivity index (χ4n) is 3.28. The van der Waals surface area contributed by atoms with Gasteiger partial charge in [0.1, 0.15) is 5.82 Å². The number of benzene rings is 3. The number of nitrogens with zero attached hydrogens (tertiary/aromatic N) is 1. The average molecular weight is 469 g/mol. The molecule has 0 fully saturated rings. The van der Waals surface area contributed by atoms with Crippen molar-refractivity contribution in [3.8, 4) is 0 Å². The van der Waals surface area contributed by atoms with Gasteiger partial charge in [-0.3, -0.25) is 13.9 Å². The van der Waals surface area contributed by atoms with E-state index in [-0.39, 0.29) is 24.1 Å². The van der Waals surface area contributed by atoms with Crippen LogP contribution in [-0.4, -0.2) is 32.9 Å². The first kappa shape index (κ1) is 24.1. The molecule has 0 heterocycles. The summed E-state index contributed by atoms with van der Waals surface area (Å²) in [5, 5.41) is 2.82. The van der Waals surface area contributed by atoms with Crippen molar-refractivity contribution < 1.29 is 22.4 Å². The summed E-state index contributed by atoms with van der Waals surface area (Å²) in [6, 6.07) is 19.2. The summed E-state index contributed by atoms with van der Waals surface area (Å²) in [5.74, 6) is -0.707. The van der Waals surface area contributed by atoms with Crippen molar-refractivity contribution in [2.75, 3.05) is 17.1 Å². The first-order valence-corrected chi connectivity index (χ1v) is 12.2. The molecule has 0 spiro atoms. The molecule has 3 rings (SSSR count). The fraction of sp³-hybridized carbons (Fsp3) is 0.200. The number of carbonyl (C=O) groups is 2. The fourth-order valence-corrected chi connectivity index (χ4v) is 4.16. The number of rotatable bonds is 9. The van der Waals surface area contributed by atoms with Gasteiger partial charge in [-0.2, -0.15) is 0 Å². The number of halogens is 1. The Kier molecular flexibility index (Phi) is 7.60. The Bertz CT molecular complexity index is 1240. The van der Waals surface area contributed by atoms with Crippen LogP contribution in [-0.2, 0) is 23.0 Å². The van der Waals surface area contributed by atoms with Gasteiger partial charge in [0.05, 0.1) is 18.5 Å². The number of Topliss-reactive ketones (excluding diaryl/α,β-unsaturated/α-hetero) is 1. The van der Waals surface area contributed by atoms with E-state index in [0.29, 0.717) is 35.3 Å². The van der Waals surface area contributed by atoms with E-state index in [2.05, 4.69) is 5.32 Å². The van der Waals surface area contributed by atoms with Crippen LogP contribution < -0.4 is 9.62 Å². The smallest absolute Gasteiger partial charge is 0.251 e. The molecule has 3 aromatic carbocycles. The molecule has 3 aromatic rings. The van der Waals surface area contributed by atoms with E-state index >= 15 is 0 Å². The van der Waals surface area contributed by atoms with Crippen LogP contribution in [0.3, 0.4) is 0 Å². The molecule has 0 radical (unpaired) electrons. The summed E-state index contributed by atoms with van der Waals surface area (Å²) in [5.41, 5.74) is 2.88. The summed E-state index contributed by atoms with van der Waals surface area (Å²) in [6.07, 6.45) is 1.68. The van der Waals surface area contributed by atoms with E-state index in [0.717, 1.165) is 11.8 Å². The number of hydrogen-bond acceptors (Lipinski definition) is 4. The predicted molar refractivity (Wildman–Crippen MR) is 126 cm³/mol. The molecular formula is C25H25FN2O4S. The van der Waals surface area contributed by atoms with E-state index in [1.54, 1.807) is 60.7 Å². The van der Waals surface area contributed by atoms with Crippen LogP contribution in [0.1, 0.15) is 38.8 Å². The van der Waals surface area contributed by atoms with Gasteiger partial charge < -0.3 is 5.32 Å². The second kappa shape index (κ2) is 10.4. The molecule has 0 aliphatic rings. The first-order valence-electron chi connectivity index (χ1n) is 10.3. The van der Waals surface area contributed by atoms with Crippen LogP contribution in [0.25, 0.3) is 0 Å². The Morgan fingerprint density at radius 3 is 2.15 bits per heavy atom. The molecule has 172 valence electrons. The second-order valence-electron chi connectivity index (χ2n) is 7.71. The van der Waals surface area contributed by atoms with Crippen LogP contribution in [0.4, 0.5) is 10.1 Å². The molecule has 8 heteroatoms. The largest absolute Gasteiger partial charge is 0.352 e. The average Bonchev–Trinajstić information content (AvgIpc) is 2.78. The number of ketones is 1. The van der Waals surface area contributed by atoms with Crippen LogP contribution in [0.2, 0.25) is 0 Å². The zero-order valence-corrected chi connectivity index (χ0v) is 19.2. The van der Waals surface area contributed by atoms with Crippen molar-refractivity contribution in [3.63, 3.8) is 0 Å². The lowest BCUT2D eigenvalue weighted by Crippen LogP contribution is -2.29. The van der Waals surface area contributed by atoms with E-state index in [9.17, 15) is 22.4 Å². The molecule has 0 bridgehead atoms. The van der Waals surface area contributed by atoms with E-state index in [1.807, 2.05) is 0 Å². The molecule has 0 saturated heterocycles. The minimum absolute atomic E-state index is 0.0622. The molecule has 1 N–H and O–H groups in total. The highest BCUT2D eigenvalue weighted by atomic mass is 32.2. The maximum atomic E-state index is 13.0. The summed E-state index contributed by atoms with van der Waals surface area (Å²) >= 11 is 0. The highest BCUT2D eigenvalue weighted by molar-refractivity contribution is 7.92. The van der Waals surface area contributed by atoms with Gasteiger partial charge in [-0.1, -0.05) is 36.4 Å². The summed E-state index contributed by atoms with van der Waals surface area (Å²) in [4.78, 5) is 24.1. The van der Waals surface area contributed by atoms with E-state index < -0.39 is 10.0 Å². The van der Waals surface area contributed by atoms with Gasteiger partial charge in [-0.25, -0.2) is 12.8 Å². The molecule has 0 aliphatic heterocycles. The summed E-state index contributed by atoms with van der Waals surface area (Å²) in [6.45, 7) is 1.89. The van der Waals surface area contributed by atoms with Crippen molar-refractivity contribution >= 4 is 27.4 Å². The molecule has 1 amide bonds. The number of nitrogens with one attached hydrogen (secondary N) is 1. The molecule has 33 heavy (non-hydrogen) atoms. The second-order valence-corrected chi connectivity index (χ2v) is 9.61. The number of anilines is 1. The quantitative estimate of drug-likeness (QED) is 0.482. The van der Waals surface area contributed by atoms with Crippen LogP contribution in [0, 0.1) is 5.82 Å². The highest BCUT2D eigenvalue weighted by Crippen LogP contribution is 2.22. The predicted octanol–water partition coefficient (Wildman–Crippen LogP) is 3.97. The van der Waals surface area contributed by atoms with Crippen molar-refractivity contribution in [2.45, 2.75) is 19.9 Å². The number of sulfonamides is 1. The zero-order chi connectivity index (χ0) is 24.0. The molecular weight excluding hydrogens is 443 g/mol. The summed E-state index contributed by atoms with van der Waals surface area (Å²) < 4.78 is 39.0. The standard InChI is InChI=1S/C25H25FN2O4S/c1-18(29)22-4-3-5-24(16-22)28(33(2,31)32)17-20-6-10-21(11-7-20)25(30)27-15-14-19-8-12-23(26)13-9-19/h3-13,16H,14-15,17H2,1-2H3,(H,27,30). The van der Waals surface area contributed by atoms with Crippen molar-refractivity contribution in [1.82, 2.24) is 5.32 Å². The molecule has 0 aromatic heterocycles. The molecule has 0 atom stereocenters. The lowest BCUT2D eigenvalue weighted by Gasteiger charge is -2.23. The monoisotopic (exact) mass is 468 g/mol. The van der Waals surface area contributed by atoms with Gasteiger partial charge in [-0.05, 0) is 60.9 Å². The Labute approximate surface area is 193 Å². The van der Waals surface area contributed by atoms with Gasteiger partial charge in [0.25, 0.3) is 5.91 Å². The third-order valence-electron chi connectivity index (χ3n) is 5.10. The SMILES string of the molecule is CC(=O)c1cccc(N(Cc2ccc(C(=O)NCCc3ccc(F)cc3)cc2)S(C)(=O)=O)c1. The summed E-state index contributed by atoms with van der Waals surface area (Å²) in [7, 11) is -3.61. The molecule has 6 nitrogen and oxygen atoms in total. The normalized spacial score (nSPS) is 11.1. The minimum atomic E-state index is -3.61. The van der Waals surface area contributed by atoms with Gasteiger partial charge in [0.2, 0.25) is 10.0 Å². The third kappa shape index (κ3) is 6.73. The Hall–Kier alpha value is -3.52. The first-order chi connectivity index (χ1) is 15.6. The van der Waals surface area contributed by atoms with Crippen molar-refractivity contribution in [1.29, 1.82) is 0 Å². The Morgan fingerprint density at radius 2 is 1.55 bits per heavy atom. The Balaban J connectivity index is 1.66. The van der Waals surface area contributed by atoms with Gasteiger partial charge >= 0.3 is 0 Å². The topological polar surface area (TPSA) is 83.6 Å². The van der Waals surface area contributed by atoms with Crippen molar-refractivity contribution in [2.24, 2.45) is 0 Å². The van der Waals surface area contributed by atoms with Gasteiger partial charge in [0.15, 0.2) is 5.78 Å². The van der Waals surface area contributed by atoms with Crippen LogP contribution in [0.5, 0.6) is 0 Å².